The van der Waals surface area contributed by atoms with Gasteiger partial charge in [-0.3, -0.25) is 0 Å². The van der Waals surface area contributed by atoms with Gasteiger partial charge in [0.15, 0.2) is 0 Å². The first-order valence-corrected chi connectivity index (χ1v) is 3.42. The molecule has 0 radical (unpaired) electrons. The topological polar surface area (TPSA) is 12.0 Å². The van der Waals surface area contributed by atoms with E-state index in [1.807, 2.05) is 0 Å². The van der Waals surface area contributed by atoms with E-state index in [1.54, 1.807) is 0 Å². The Labute approximate surface area is 56.5 Å². The molecule has 1 aliphatic carbocycles. The lowest BCUT2D eigenvalue weighted by Gasteiger charge is -2.07. The molecular weight excluding hydrogens is 110 g/mol. The third-order valence-electron chi connectivity index (χ3n) is 1.23. The molecule has 0 fully saturated rings. The highest BCUT2D eigenvalue weighted by molar-refractivity contribution is 5.24. The van der Waals surface area contributed by atoms with Gasteiger partial charge >= 0.3 is 0 Å². The largest absolute Gasteiger partial charge is 0.383 e. The van der Waals surface area contributed by atoms with E-state index in [0.29, 0.717) is 6.04 Å². The average Bonchev–Trinajstić information content (AvgIpc) is 2.15. The summed E-state index contributed by atoms with van der Waals surface area (Å²) in [6.45, 7) is 4.29. The highest BCUT2D eigenvalue weighted by Gasteiger charge is 1.96. The van der Waals surface area contributed by atoms with Gasteiger partial charge in [0.25, 0.3) is 0 Å². The zero-order valence-electron chi connectivity index (χ0n) is 6.02. The van der Waals surface area contributed by atoms with E-state index in [9.17, 15) is 0 Å². The summed E-state index contributed by atoms with van der Waals surface area (Å²) in [7, 11) is 0. The lowest BCUT2D eigenvalue weighted by atomic mass is 10.3. The van der Waals surface area contributed by atoms with Crippen molar-refractivity contribution in [1.82, 2.24) is 5.32 Å². The lowest BCUT2D eigenvalue weighted by molar-refractivity contribution is 0.682. The van der Waals surface area contributed by atoms with Gasteiger partial charge in [0.05, 0.1) is 0 Å². The van der Waals surface area contributed by atoms with Crippen molar-refractivity contribution in [2.24, 2.45) is 0 Å². The molecule has 0 aromatic carbocycles. The van der Waals surface area contributed by atoms with Crippen LogP contribution in [0, 0.1) is 0 Å². The minimum absolute atomic E-state index is 0.555. The van der Waals surface area contributed by atoms with E-state index >= 15 is 0 Å². The molecule has 1 rings (SSSR count). The maximum atomic E-state index is 3.32. The van der Waals surface area contributed by atoms with Crippen LogP contribution in [0.3, 0.4) is 0 Å². The second kappa shape index (κ2) is 2.72. The molecule has 0 spiro atoms. The molecule has 1 heteroatoms. The third-order valence-corrected chi connectivity index (χ3v) is 1.23. The molecule has 0 aromatic rings. The second-order valence-electron chi connectivity index (χ2n) is 2.60. The SMILES string of the molecule is CC(C)NC1=CCC=C1. The van der Waals surface area contributed by atoms with Gasteiger partial charge in [-0.1, -0.05) is 12.2 Å². The van der Waals surface area contributed by atoms with Crippen LogP contribution in [0.2, 0.25) is 0 Å². The molecule has 0 atom stereocenters. The molecule has 0 heterocycles. The van der Waals surface area contributed by atoms with E-state index in [1.165, 1.54) is 5.70 Å². The highest BCUT2D eigenvalue weighted by atomic mass is 14.9. The van der Waals surface area contributed by atoms with Crippen molar-refractivity contribution < 1.29 is 0 Å². The summed E-state index contributed by atoms with van der Waals surface area (Å²) in [5, 5.41) is 3.32. The van der Waals surface area contributed by atoms with Crippen molar-refractivity contribution >= 4 is 0 Å². The molecule has 1 nitrogen and oxygen atoms in total. The maximum absolute atomic E-state index is 3.32. The van der Waals surface area contributed by atoms with Crippen molar-refractivity contribution in [2.75, 3.05) is 0 Å². The first kappa shape index (κ1) is 6.40. The van der Waals surface area contributed by atoms with Crippen LogP contribution in [0.25, 0.3) is 0 Å². The number of hydrogen-bond acceptors (Lipinski definition) is 1. The number of rotatable bonds is 2. The molecule has 0 bridgehead atoms. The third kappa shape index (κ3) is 1.92. The van der Waals surface area contributed by atoms with Crippen molar-refractivity contribution in [3.8, 4) is 0 Å². The van der Waals surface area contributed by atoms with Crippen LogP contribution in [-0.4, -0.2) is 6.04 Å². The van der Waals surface area contributed by atoms with Gasteiger partial charge in [0, 0.05) is 11.7 Å². The molecule has 0 aromatic heterocycles. The zero-order valence-corrected chi connectivity index (χ0v) is 6.02. The minimum Gasteiger partial charge on any atom is -0.383 e. The fourth-order valence-electron chi connectivity index (χ4n) is 0.898. The van der Waals surface area contributed by atoms with Gasteiger partial charge in [0.1, 0.15) is 0 Å². The second-order valence-corrected chi connectivity index (χ2v) is 2.60. The van der Waals surface area contributed by atoms with E-state index in [0.717, 1.165) is 6.42 Å². The summed E-state index contributed by atoms with van der Waals surface area (Å²) < 4.78 is 0. The van der Waals surface area contributed by atoms with Crippen LogP contribution < -0.4 is 5.32 Å². The van der Waals surface area contributed by atoms with Crippen LogP contribution in [-0.2, 0) is 0 Å². The van der Waals surface area contributed by atoms with Crippen LogP contribution in [0.15, 0.2) is 23.9 Å². The highest BCUT2D eigenvalue weighted by Crippen LogP contribution is 2.05. The zero-order chi connectivity index (χ0) is 6.69. The van der Waals surface area contributed by atoms with E-state index in [2.05, 4.69) is 37.4 Å². The summed E-state index contributed by atoms with van der Waals surface area (Å²) in [6.07, 6.45) is 7.57. The Morgan fingerprint density at radius 1 is 1.56 bits per heavy atom. The smallest absolute Gasteiger partial charge is 0.0301 e. The van der Waals surface area contributed by atoms with E-state index in [4.69, 9.17) is 0 Å². The average molecular weight is 123 g/mol. The molecule has 0 amide bonds. The molecule has 0 saturated heterocycles. The van der Waals surface area contributed by atoms with Gasteiger partial charge in [-0.2, -0.15) is 0 Å². The van der Waals surface area contributed by atoms with Crippen molar-refractivity contribution in [3.63, 3.8) is 0 Å². The van der Waals surface area contributed by atoms with Gasteiger partial charge in [-0.15, -0.1) is 0 Å². The standard InChI is InChI=1S/C8H13N/c1-7(2)9-8-5-3-4-6-8/h3,5-7,9H,4H2,1-2H3. The fraction of sp³-hybridized carbons (Fsp3) is 0.500. The van der Waals surface area contributed by atoms with Crippen molar-refractivity contribution in [1.29, 1.82) is 0 Å². The summed E-state index contributed by atoms with van der Waals surface area (Å²) >= 11 is 0. The number of hydrogen-bond donors (Lipinski definition) is 1. The van der Waals surface area contributed by atoms with Gasteiger partial charge < -0.3 is 5.32 Å². The van der Waals surface area contributed by atoms with E-state index in [-0.39, 0.29) is 0 Å². The quantitative estimate of drug-likeness (QED) is 0.590. The molecular formula is C8H13N. The van der Waals surface area contributed by atoms with Crippen LogP contribution >= 0.6 is 0 Å². The summed E-state index contributed by atoms with van der Waals surface area (Å²) in [6, 6.07) is 0.555. The predicted octanol–water partition coefficient (Wildman–Crippen LogP) is 1.83. The van der Waals surface area contributed by atoms with Crippen molar-refractivity contribution in [3.05, 3.63) is 23.9 Å². The summed E-state index contributed by atoms with van der Waals surface area (Å²) in [5.74, 6) is 0. The van der Waals surface area contributed by atoms with Gasteiger partial charge in [-0.25, -0.2) is 0 Å². The Bertz CT molecular complexity index is 143. The molecule has 9 heavy (non-hydrogen) atoms. The van der Waals surface area contributed by atoms with Crippen LogP contribution in [0.1, 0.15) is 20.3 Å². The first-order valence-electron chi connectivity index (χ1n) is 3.42. The molecule has 50 valence electrons. The summed E-state index contributed by atoms with van der Waals surface area (Å²) in [5.41, 5.74) is 1.27. The Balaban J connectivity index is 2.35. The Morgan fingerprint density at radius 2 is 2.33 bits per heavy atom. The minimum atomic E-state index is 0.555. The summed E-state index contributed by atoms with van der Waals surface area (Å²) in [4.78, 5) is 0. The molecule has 1 aliphatic rings. The van der Waals surface area contributed by atoms with Gasteiger partial charge in [-0.05, 0) is 26.3 Å². The number of nitrogens with one attached hydrogen (secondary N) is 1. The fourth-order valence-corrected chi connectivity index (χ4v) is 0.898. The first-order chi connectivity index (χ1) is 4.29. The Hall–Kier alpha value is -0.720. The normalized spacial score (nSPS) is 16.6. The molecule has 0 aliphatic heterocycles. The van der Waals surface area contributed by atoms with Gasteiger partial charge in [0.2, 0.25) is 0 Å². The number of allylic oxidation sites excluding steroid dienone is 3. The van der Waals surface area contributed by atoms with E-state index < -0.39 is 0 Å². The molecule has 0 saturated carbocycles. The van der Waals surface area contributed by atoms with Crippen molar-refractivity contribution in [2.45, 2.75) is 26.3 Å². The lowest BCUT2D eigenvalue weighted by Crippen LogP contribution is -2.19. The monoisotopic (exact) mass is 123 g/mol. The van der Waals surface area contributed by atoms with Crippen LogP contribution in [0.4, 0.5) is 0 Å². The molecule has 0 unspecified atom stereocenters. The Morgan fingerprint density at radius 3 is 2.78 bits per heavy atom. The Kier molecular flexibility index (Phi) is 1.93. The predicted molar refractivity (Wildman–Crippen MR) is 40.1 cm³/mol. The van der Waals surface area contributed by atoms with Crippen LogP contribution in [0.5, 0.6) is 0 Å². The molecule has 1 N–H and O–H groups in total. The maximum Gasteiger partial charge on any atom is 0.0301 e.